The van der Waals surface area contributed by atoms with Gasteiger partial charge in [0.2, 0.25) is 5.89 Å². The van der Waals surface area contributed by atoms with Crippen LogP contribution in [0.3, 0.4) is 0 Å². The molecule has 0 atom stereocenters. The van der Waals surface area contributed by atoms with Crippen LogP contribution in [0.5, 0.6) is 0 Å². The zero-order chi connectivity index (χ0) is 13.4. The van der Waals surface area contributed by atoms with Crippen molar-refractivity contribution >= 4 is 28.2 Å². The Morgan fingerprint density at radius 3 is 2.74 bits per heavy atom. The highest BCUT2D eigenvalue weighted by molar-refractivity contribution is 7.99. The maximum Gasteiger partial charge on any atom is 0.281 e. The molecule has 6 heteroatoms. The van der Waals surface area contributed by atoms with Crippen LogP contribution in [-0.2, 0) is 0 Å². The first-order valence-electron chi connectivity index (χ1n) is 5.76. The highest BCUT2D eigenvalue weighted by atomic mass is 32.2. The molecule has 3 aromatic rings. The second-order valence-corrected chi connectivity index (χ2v) is 5.21. The van der Waals surface area contributed by atoms with Crippen LogP contribution in [0.2, 0.25) is 0 Å². The first-order valence-corrected chi connectivity index (χ1v) is 6.58. The lowest BCUT2D eigenvalue weighted by molar-refractivity contribution is 0.429. The molecule has 0 saturated heterocycles. The van der Waals surface area contributed by atoms with Gasteiger partial charge in [0, 0.05) is 40.2 Å². The Balaban J connectivity index is 2.13. The molecule has 2 aromatic heterocycles. The second kappa shape index (κ2) is 4.55. The van der Waals surface area contributed by atoms with E-state index in [2.05, 4.69) is 15.2 Å². The third-order valence-corrected chi connectivity index (χ3v) is 3.65. The predicted octanol–water partition coefficient (Wildman–Crippen LogP) is 2.97. The Kier molecular flexibility index (Phi) is 2.87. The molecule has 0 fully saturated rings. The number of nitrogen functional groups attached to an aromatic ring is 1. The van der Waals surface area contributed by atoms with Gasteiger partial charge >= 0.3 is 0 Å². The van der Waals surface area contributed by atoms with Crippen LogP contribution < -0.4 is 5.73 Å². The lowest BCUT2D eigenvalue weighted by atomic mass is 10.1. The number of aromatic nitrogens is 3. The van der Waals surface area contributed by atoms with Gasteiger partial charge in [-0.1, -0.05) is 0 Å². The van der Waals surface area contributed by atoms with Crippen LogP contribution >= 0.6 is 11.8 Å². The summed E-state index contributed by atoms with van der Waals surface area (Å²) in [7, 11) is 0. The van der Waals surface area contributed by atoms with E-state index in [1.807, 2.05) is 25.1 Å². The first kappa shape index (κ1) is 12.0. The van der Waals surface area contributed by atoms with E-state index in [0.29, 0.717) is 16.8 Å². The largest absolute Gasteiger partial charge is 0.416 e. The molecule has 0 aliphatic rings. The molecule has 19 heavy (non-hydrogen) atoms. The quantitative estimate of drug-likeness (QED) is 0.723. The molecule has 0 bridgehead atoms. The highest BCUT2D eigenvalue weighted by Crippen LogP contribution is 2.35. The summed E-state index contributed by atoms with van der Waals surface area (Å²) in [5.41, 5.74) is 7.63. The fourth-order valence-electron chi connectivity index (χ4n) is 1.84. The Bertz CT molecular complexity index is 753. The molecule has 0 unspecified atom stereocenters. The van der Waals surface area contributed by atoms with Gasteiger partial charge in [0.25, 0.3) is 5.22 Å². The van der Waals surface area contributed by atoms with Crippen molar-refractivity contribution in [3.63, 3.8) is 0 Å². The van der Waals surface area contributed by atoms with E-state index in [4.69, 9.17) is 10.2 Å². The Hall–Kier alpha value is -2.08. The molecule has 0 radical (unpaired) electrons. The fourth-order valence-corrected chi connectivity index (χ4v) is 2.69. The molecule has 0 aliphatic carbocycles. The lowest BCUT2D eigenvalue weighted by Crippen LogP contribution is -1.91. The number of fused-ring (bicyclic) bond motifs is 1. The van der Waals surface area contributed by atoms with E-state index in [9.17, 15) is 0 Å². The zero-order valence-electron chi connectivity index (χ0n) is 10.5. The molecule has 96 valence electrons. The number of aryl methyl sites for hydroxylation is 2. The summed E-state index contributed by atoms with van der Waals surface area (Å²) in [5.74, 6) is 0.556. The number of nitrogens with zero attached hydrogens (tertiary/aromatic N) is 3. The average Bonchev–Trinajstić information content (AvgIpc) is 2.78. The minimum atomic E-state index is 0.526. The van der Waals surface area contributed by atoms with Crippen molar-refractivity contribution in [3.05, 3.63) is 36.0 Å². The SMILES string of the molecule is Cc1cc2c(Sc3nnc(C)o3)ccc(N)c2cn1. The van der Waals surface area contributed by atoms with Crippen LogP contribution in [0.25, 0.3) is 10.8 Å². The van der Waals surface area contributed by atoms with E-state index in [1.54, 1.807) is 13.1 Å². The van der Waals surface area contributed by atoms with Gasteiger partial charge in [0.15, 0.2) is 0 Å². The number of rotatable bonds is 2. The fraction of sp³-hybridized carbons (Fsp3) is 0.154. The number of pyridine rings is 1. The number of hydrogen-bond acceptors (Lipinski definition) is 6. The summed E-state index contributed by atoms with van der Waals surface area (Å²) in [6.07, 6.45) is 1.79. The Labute approximate surface area is 114 Å². The van der Waals surface area contributed by atoms with Crippen LogP contribution in [0.4, 0.5) is 5.69 Å². The minimum Gasteiger partial charge on any atom is -0.416 e. The number of benzene rings is 1. The summed E-state index contributed by atoms with van der Waals surface area (Å²) in [5, 5.41) is 10.3. The van der Waals surface area contributed by atoms with E-state index in [-0.39, 0.29) is 0 Å². The van der Waals surface area contributed by atoms with Gasteiger partial charge in [-0.15, -0.1) is 10.2 Å². The van der Waals surface area contributed by atoms with E-state index in [0.717, 1.165) is 21.4 Å². The van der Waals surface area contributed by atoms with Crippen molar-refractivity contribution in [1.29, 1.82) is 0 Å². The van der Waals surface area contributed by atoms with Gasteiger partial charge in [0.1, 0.15) is 0 Å². The Morgan fingerprint density at radius 1 is 1.16 bits per heavy atom. The molecule has 0 spiro atoms. The maximum absolute atomic E-state index is 5.97. The summed E-state index contributed by atoms with van der Waals surface area (Å²) in [4.78, 5) is 5.31. The van der Waals surface area contributed by atoms with E-state index < -0.39 is 0 Å². The van der Waals surface area contributed by atoms with Crippen molar-refractivity contribution in [2.75, 3.05) is 5.73 Å². The Morgan fingerprint density at radius 2 is 2.00 bits per heavy atom. The number of nitrogens with two attached hydrogens (primary N) is 1. The molecule has 1 aromatic carbocycles. The predicted molar refractivity (Wildman–Crippen MR) is 74.1 cm³/mol. The normalized spacial score (nSPS) is 11.1. The zero-order valence-corrected chi connectivity index (χ0v) is 11.4. The van der Waals surface area contributed by atoms with Crippen LogP contribution in [-0.4, -0.2) is 15.2 Å². The van der Waals surface area contributed by atoms with Gasteiger partial charge in [-0.3, -0.25) is 4.98 Å². The molecule has 2 N–H and O–H groups in total. The smallest absolute Gasteiger partial charge is 0.281 e. The molecule has 2 heterocycles. The summed E-state index contributed by atoms with van der Waals surface area (Å²) in [6.45, 7) is 3.72. The molecule has 0 saturated carbocycles. The van der Waals surface area contributed by atoms with Crippen molar-refractivity contribution < 1.29 is 4.42 Å². The van der Waals surface area contributed by atoms with Crippen molar-refractivity contribution in [2.24, 2.45) is 0 Å². The summed E-state index contributed by atoms with van der Waals surface area (Å²) in [6, 6.07) is 5.84. The number of hydrogen-bond donors (Lipinski definition) is 1. The number of anilines is 1. The third kappa shape index (κ3) is 2.26. The average molecular weight is 272 g/mol. The molecular weight excluding hydrogens is 260 g/mol. The topological polar surface area (TPSA) is 77.8 Å². The second-order valence-electron chi connectivity index (χ2n) is 4.21. The first-order chi connectivity index (χ1) is 9.13. The van der Waals surface area contributed by atoms with Crippen molar-refractivity contribution in [3.8, 4) is 0 Å². The van der Waals surface area contributed by atoms with E-state index in [1.165, 1.54) is 11.8 Å². The van der Waals surface area contributed by atoms with E-state index >= 15 is 0 Å². The van der Waals surface area contributed by atoms with Gasteiger partial charge in [-0.25, -0.2) is 0 Å². The third-order valence-electron chi connectivity index (χ3n) is 2.74. The molecule has 3 rings (SSSR count). The molecule has 0 amide bonds. The molecule has 5 nitrogen and oxygen atoms in total. The minimum absolute atomic E-state index is 0.526. The van der Waals surface area contributed by atoms with Crippen LogP contribution in [0.15, 0.2) is 38.9 Å². The highest BCUT2D eigenvalue weighted by Gasteiger charge is 2.10. The molecule has 0 aliphatic heterocycles. The van der Waals surface area contributed by atoms with Gasteiger partial charge in [-0.2, -0.15) is 0 Å². The van der Waals surface area contributed by atoms with Crippen LogP contribution in [0, 0.1) is 13.8 Å². The van der Waals surface area contributed by atoms with Gasteiger partial charge in [0.05, 0.1) is 0 Å². The van der Waals surface area contributed by atoms with Gasteiger partial charge in [-0.05, 0) is 36.9 Å². The monoisotopic (exact) mass is 272 g/mol. The lowest BCUT2D eigenvalue weighted by Gasteiger charge is -2.07. The van der Waals surface area contributed by atoms with Crippen molar-refractivity contribution in [2.45, 2.75) is 24.0 Å². The summed E-state index contributed by atoms with van der Waals surface area (Å²) >= 11 is 1.43. The van der Waals surface area contributed by atoms with Gasteiger partial charge < -0.3 is 10.2 Å². The standard InChI is InChI=1S/C13H12N4OS/c1-7-5-9-10(6-15-7)11(14)3-4-12(9)19-13-17-16-8(2)18-13/h3-6H,14H2,1-2H3. The maximum atomic E-state index is 5.97. The molecular formula is C13H12N4OS. The van der Waals surface area contributed by atoms with Crippen molar-refractivity contribution in [1.82, 2.24) is 15.2 Å². The summed E-state index contributed by atoms with van der Waals surface area (Å²) < 4.78 is 5.39. The van der Waals surface area contributed by atoms with Crippen LogP contribution in [0.1, 0.15) is 11.6 Å².